The van der Waals surface area contributed by atoms with E-state index in [0.29, 0.717) is 0 Å². The van der Waals surface area contributed by atoms with Crippen LogP contribution in [0.1, 0.15) is 5.56 Å². The first kappa shape index (κ1) is 11.2. The first-order chi connectivity index (χ1) is 8.58. The Hall–Kier alpha value is -1.88. The zero-order valence-electron chi connectivity index (χ0n) is 10.1. The number of rotatable bonds is 1. The monoisotopic (exact) mass is 261 g/mol. The molecule has 0 aliphatic carbocycles. The van der Waals surface area contributed by atoms with Gasteiger partial charge < -0.3 is 10.3 Å². The van der Waals surface area contributed by atoms with Crippen LogP contribution in [0.15, 0.2) is 23.6 Å². The number of thiophene rings is 1. The van der Waals surface area contributed by atoms with E-state index in [1.807, 2.05) is 23.9 Å². The Balaban J connectivity index is 2.30. The molecule has 0 aliphatic rings. The maximum absolute atomic E-state index is 13.2. The van der Waals surface area contributed by atoms with Gasteiger partial charge in [-0.05, 0) is 36.1 Å². The maximum Gasteiger partial charge on any atom is 0.153 e. The standard InChI is InChI=1S/C13H12FN3S/c1-7-6-18-12(11(7)15)13-16-9-4-3-8(14)5-10(9)17(13)2/h3-6H,15H2,1-2H3. The molecule has 2 N–H and O–H groups in total. The predicted octanol–water partition coefficient (Wildman–Crippen LogP) is 3.33. The summed E-state index contributed by atoms with van der Waals surface area (Å²) >= 11 is 1.56. The van der Waals surface area contributed by atoms with Crippen molar-refractivity contribution in [1.29, 1.82) is 0 Å². The molecule has 0 aliphatic heterocycles. The summed E-state index contributed by atoms with van der Waals surface area (Å²) in [5.41, 5.74) is 9.39. The van der Waals surface area contributed by atoms with E-state index in [2.05, 4.69) is 4.98 Å². The van der Waals surface area contributed by atoms with E-state index in [1.165, 1.54) is 12.1 Å². The van der Waals surface area contributed by atoms with Gasteiger partial charge in [-0.15, -0.1) is 11.3 Å². The third-order valence-electron chi connectivity index (χ3n) is 3.07. The van der Waals surface area contributed by atoms with E-state index in [9.17, 15) is 4.39 Å². The van der Waals surface area contributed by atoms with Gasteiger partial charge in [0.2, 0.25) is 0 Å². The number of nitrogen functional groups attached to an aromatic ring is 1. The van der Waals surface area contributed by atoms with Crippen LogP contribution in [-0.4, -0.2) is 9.55 Å². The zero-order chi connectivity index (χ0) is 12.9. The van der Waals surface area contributed by atoms with Crippen molar-refractivity contribution in [2.45, 2.75) is 6.92 Å². The zero-order valence-corrected chi connectivity index (χ0v) is 10.9. The number of hydrogen-bond acceptors (Lipinski definition) is 3. The van der Waals surface area contributed by atoms with Crippen molar-refractivity contribution in [3.63, 3.8) is 0 Å². The molecule has 0 radical (unpaired) electrons. The number of anilines is 1. The molecule has 18 heavy (non-hydrogen) atoms. The van der Waals surface area contributed by atoms with E-state index in [1.54, 1.807) is 17.4 Å². The molecule has 0 atom stereocenters. The molecule has 2 aromatic heterocycles. The number of fused-ring (bicyclic) bond motifs is 1. The minimum absolute atomic E-state index is 0.257. The third-order valence-corrected chi connectivity index (χ3v) is 4.18. The molecule has 0 saturated carbocycles. The van der Waals surface area contributed by atoms with Crippen molar-refractivity contribution in [3.05, 3.63) is 35.0 Å². The molecule has 0 bridgehead atoms. The van der Waals surface area contributed by atoms with Crippen LogP contribution in [0.4, 0.5) is 10.1 Å². The Morgan fingerprint density at radius 1 is 1.39 bits per heavy atom. The Morgan fingerprint density at radius 3 is 2.83 bits per heavy atom. The summed E-state index contributed by atoms with van der Waals surface area (Å²) in [6.45, 7) is 1.97. The quantitative estimate of drug-likeness (QED) is 0.730. The summed E-state index contributed by atoms with van der Waals surface area (Å²) in [7, 11) is 1.87. The molecule has 5 heteroatoms. The SMILES string of the molecule is Cc1csc(-c2nc3ccc(F)cc3n2C)c1N. The van der Waals surface area contributed by atoms with Crippen molar-refractivity contribution in [3.8, 4) is 10.7 Å². The van der Waals surface area contributed by atoms with E-state index in [-0.39, 0.29) is 5.82 Å². The fraction of sp³-hybridized carbons (Fsp3) is 0.154. The molecule has 0 fully saturated rings. The summed E-state index contributed by atoms with van der Waals surface area (Å²) in [6.07, 6.45) is 0. The molecule has 0 saturated heterocycles. The molecule has 2 heterocycles. The smallest absolute Gasteiger partial charge is 0.153 e. The van der Waals surface area contributed by atoms with Crippen molar-refractivity contribution in [1.82, 2.24) is 9.55 Å². The van der Waals surface area contributed by atoms with Gasteiger partial charge in [-0.2, -0.15) is 0 Å². The van der Waals surface area contributed by atoms with Crippen molar-refractivity contribution >= 4 is 28.1 Å². The lowest BCUT2D eigenvalue weighted by molar-refractivity contribution is 0.629. The maximum atomic E-state index is 13.2. The normalized spacial score (nSPS) is 11.3. The van der Waals surface area contributed by atoms with Crippen LogP contribution in [-0.2, 0) is 7.05 Å². The number of benzene rings is 1. The van der Waals surface area contributed by atoms with Gasteiger partial charge >= 0.3 is 0 Å². The summed E-state index contributed by atoms with van der Waals surface area (Å²) < 4.78 is 15.1. The number of aryl methyl sites for hydroxylation is 2. The Morgan fingerprint density at radius 2 is 2.17 bits per heavy atom. The van der Waals surface area contributed by atoms with Crippen molar-refractivity contribution in [2.24, 2.45) is 7.05 Å². The number of nitrogens with two attached hydrogens (primary N) is 1. The van der Waals surface area contributed by atoms with Crippen molar-refractivity contribution in [2.75, 3.05) is 5.73 Å². The molecule has 92 valence electrons. The molecular formula is C13H12FN3S. The van der Waals surface area contributed by atoms with Gasteiger partial charge in [-0.1, -0.05) is 0 Å². The number of imidazole rings is 1. The average molecular weight is 261 g/mol. The molecule has 0 spiro atoms. The lowest BCUT2D eigenvalue weighted by atomic mass is 10.3. The van der Waals surface area contributed by atoms with Gasteiger partial charge in [-0.25, -0.2) is 9.37 Å². The van der Waals surface area contributed by atoms with E-state index >= 15 is 0 Å². The van der Waals surface area contributed by atoms with Crippen LogP contribution in [0.25, 0.3) is 21.7 Å². The van der Waals surface area contributed by atoms with Crippen LogP contribution < -0.4 is 5.73 Å². The summed E-state index contributed by atoms with van der Waals surface area (Å²) in [4.78, 5) is 5.46. The molecule has 3 nitrogen and oxygen atoms in total. The highest BCUT2D eigenvalue weighted by Gasteiger charge is 2.15. The average Bonchev–Trinajstić information content (AvgIpc) is 2.83. The fourth-order valence-electron chi connectivity index (χ4n) is 1.99. The minimum Gasteiger partial charge on any atom is -0.397 e. The predicted molar refractivity (Wildman–Crippen MR) is 73.1 cm³/mol. The number of halogens is 1. The second-order valence-corrected chi connectivity index (χ2v) is 5.17. The minimum atomic E-state index is -0.257. The molecule has 1 aromatic carbocycles. The lowest BCUT2D eigenvalue weighted by Crippen LogP contribution is -1.94. The number of hydrogen-bond donors (Lipinski definition) is 1. The number of nitrogens with zero attached hydrogens (tertiary/aromatic N) is 2. The first-order valence-electron chi connectivity index (χ1n) is 5.54. The summed E-state index contributed by atoms with van der Waals surface area (Å²) in [6, 6.07) is 4.59. The van der Waals surface area contributed by atoms with Gasteiger partial charge in [0.15, 0.2) is 5.82 Å². The summed E-state index contributed by atoms with van der Waals surface area (Å²) in [5, 5.41) is 2.00. The highest BCUT2D eigenvalue weighted by Crippen LogP contribution is 2.35. The second-order valence-electron chi connectivity index (χ2n) is 4.29. The van der Waals surface area contributed by atoms with E-state index in [0.717, 1.165) is 33.0 Å². The second kappa shape index (κ2) is 3.81. The van der Waals surface area contributed by atoms with Gasteiger partial charge in [-0.3, -0.25) is 0 Å². The van der Waals surface area contributed by atoms with Gasteiger partial charge in [0.05, 0.1) is 21.6 Å². The number of aromatic nitrogens is 2. The fourth-order valence-corrected chi connectivity index (χ4v) is 2.99. The third kappa shape index (κ3) is 1.51. The highest BCUT2D eigenvalue weighted by molar-refractivity contribution is 7.14. The van der Waals surface area contributed by atoms with Gasteiger partial charge in [0, 0.05) is 7.05 Å². The van der Waals surface area contributed by atoms with Crippen LogP contribution in [0, 0.1) is 12.7 Å². The van der Waals surface area contributed by atoms with Crippen molar-refractivity contribution < 1.29 is 4.39 Å². The van der Waals surface area contributed by atoms with Gasteiger partial charge in [0.1, 0.15) is 5.82 Å². The Labute approximate surface area is 108 Å². The molecule has 0 unspecified atom stereocenters. The molecule has 3 aromatic rings. The first-order valence-corrected chi connectivity index (χ1v) is 6.42. The van der Waals surface area contributed by atoms with E-state index < -0.39 is 0 Å². The van der Waals surface area contributed by atoms with E-state index in [4.69, 9.17) is 5.73 Å². The van der Waals surface area contributed by atoms with Gasteiger partial charge in [0.25, 0.3) is 0 Å². The summed E-state index contributed by atoms with van der Waals surface area (Å²) in [5.74, 6) is 0.526. The molecule has 0 amide bonds. The molecular weight excluding hydrogens is 249 g/mol. The largest absolute Gasteiger partial charge is 0.397 e. The van der Waals surface area contributed by atoms with Crippen LogP contribution in [0.2, 0.25) is 0 Å². The molecule has 3 rings (SSSR count). The highest BCUT2D eigenvalue weighted by atomic mass is 32.1. The Bertz CT molecular complexity index is 742. The van der Waals surface area contributed by atoms with Crippen LogP contribution in [0.3, 0.4) is 0 Å². The van der Waals surface area contributed by atoms with Crippen LogP contribution in [0.5, 0.6) is 0 Å². The Kier molecular flexibility index (Phi) is 2.38. The van der Waals surface area contributed by atoms with Crippen LogP contribution >= 0.6 is 11.3 Å². The topological polar surface area (TPSA) is 43.8 Å². The lowest BCUT2D eigenvalue weighted by Gasteiger charge is -2.01.